The summed E-state index contributed by atoms with van der Waals surface area (Å²) in [4.78, 5) is 66.6. The molecule has 13 nitrogen and oxygen atoms in total. The van der Waals surface area contributed by atoms with E-state index in [2.05, 4.69) is 24.1 Å². The average Bonchev–Trinajstić information content (AvgIpc) is 3.17. The molecule has 13 heteroatoms. The Hall–Kier alpha value is -4.25. The fraction of sp³-hybridized carbons (Fsp3) is 0.643. The minimum absolute atomic E-state index is 0.0136. The molecule has 306 valence electrons. The molecule has 2 rings (SSSR count). The van der Waals surface area contributed by atoms with Crippen molar-refractivity contribution in [1.29, 1.82) is 0 Å². The number of methoxy groups -OCH3 is 1. The fourth-order valence-corrected chi connectivity index (χ4v) is 6.13. The van der Waals surface area contributed by atoms with Crippen LogP contribution in [0.5, 0.6) is 5.75 Å². The van der Waals surface area contributed by atoms with Crippen LogP contribution in [0.1, 0.15) is 103 Å². The molecule has 0 aromatic heterocycles. The summed E-state index contributed by atoms with van der Waals surface area (Å²) in [5.41, 5.74) is -2.25. The number of unbranched alkanes of at least 4 members (excludes halogenated alkanes) is 8. The highest BCUT2D eigenvalue weighted by Crippen LogP contribution is 2.26. The van der Waals surface area contributed by atoms with Gasteiger partial charge >= 0.3 is 17.9 Å². The third-order valence-electron chi connectivity index (χ3n) is 9.47. The topological polar surface area (TPSA) is 178 Å². The van der Waals surface area contributed by atoms with Crippen LogP contribution in [0.4, 0.5) is 0 Å². The van der Waals surface area contributed by atoms with Crippen LogP contribution >= 0.6 is 0 Å². The molecular weight excluding hydrogens is 708 g/mol. The number of carboxylic acids is 1. The highest BCUT2D eigenvalue weighted by molar-refractivity contribution is 5.95. The predicted octanol–water partition coefficient (Wildman–Crippen LogP) is 4.81. The lowest BCUT2D eigenvalue weighted by molar-refractivity contribution is -0.174. The molecule has 1 amide bonds. The van der Waals surface area contributed by atoms with Gasteiger partial charge in [0, 0.05) is 38.9 Å². The average molecular weight is 771 g/mol. The number of nitrogens with one attached hydrogen (secondary N) is 1. The summed E-state index contributed by atoms with van der Waals surface area (Å²) >= 11 is 0. The molecule has 0 spiro atoms. The van der Waals surface area contributed by atoms with E-state index in [-0.39, 0.29) is 25.4 Å². The second-order valence-electron chi connectivity index (χ2n) is 13.8. The summed E-state index contributed by atoms with van der Waals surface area (Å²) in [6.07, 6.45) is 12.1. The van der Waals surface area contributed by atoms with E-state index in [1.54, 1.807) is 37.3 Å². The van der Waals surface area contributed by atoms with E-state index in [1.165, 1.54) is 18.9 Å². The van der Waals surface area contributed by atoms with E-state index < -0.39 is 47.8 Å². The first-order chi connectivity index (χ1) is 26.5. The lowest BCUT2D eigenvalue weighted by atomic mass is 9.82. The SMILES string of the molecule is CC#CCOc1ccc(C[C@H](NC(=O)[C@@H](C=CCCCCCCC(=O)CCCCCCC)[C@@](O)(CC(=O)OCCN2CCOCC2)C(=O)O)C(=O)OC)cc1. The van der Waals surface area contributed by atoms with Gasteiger partial charge in [-0.1, -0.05) is 75.7 Å². The summed E-state index contributed by atoms with van der Waals surface area (Å²) in [7, 11) is 1.16. The van der Waals surface area contributed by atoms with Gasteiger partial charge in [-0.15, -0.1) is 5.92 Å². The van der Waals surface area contributed by atoms with Crippen molar-refractivity contribution in [3.63, 3.8) is 0 Å². The largest absolute Gasteiger partial charge is 0.481 e. The standard InChI is InChI=1S/C42H62N2O11/c1-4-6-8-11-14-17-34(45)18-15-12-9-10-13-16-19-36(42(51,41(49)50)32-38(46)55-30-26-44-24-28-53-29-25-44)39(47)43-37(40(48)52-3)31-33-20-22-35(23-21-33)54-27-7-5-2/h16,19-23,36-37,51H,4,6,8-15,17-18,24-32H2,1-3H3,(H,43,47)(H,49,50)/t36-,37+,42+/m1/s1. The van der Waals surface area contributed by atoms with Crippen LogP contribution in [0.3, 0.4) is 0 Å². The second kappa shape index (κ2) is 27.3. The van der Waals surface area contributed by atoms with E-state index in [4.69, 9.17) is 18.9 Å². The van der Waals surface area contributed by atoms with E-state index in [9.17, 15) is 34.2 Å². The fourth-order valence-electron chi connectivity index (χ4n) is 6.13. The highest BCUT2D eigenvalue weighted by Gasteiger charge is 2.49. The number of aliphatic carboxylic acids is 1. The van der Waals surface area contributed by atoms with Gasteiger partial charge in [0.05, 0.1) is 32.7 Å². The number of carboxylic acid groups (broad SMARTS) is 1. The van der Waals surface area contributed by atoms with E-state index >= 15 is 0 Å². The third-order valence-corrected chi connectivity index (χ3v) is 9.47. The quantitative estimate of drug-likeness (QED) is 0.0459. The number of esters is 2. The Balaban J connectivity index is 2.12. The van der Waals surface area contributed by atoms with Gasteiger partial charge in [-0.2, -0.15) is 0 Å². The maximum Gasteiger partial charge on any atom is 0.337 e. The third kappa shape index (κ3) is 18.8. The van der Waals surface area contributed by atoms with Gasteiger partial charge in [-0.3, -0.25) is 19.3 Å². The Bertz CT molecular complexity index is 1410. The smallest absolute Gasteiger partial charge is 0.337 e. The Kier molecular flexibility index (Phi) is 23.3. The van der Waals surface area contributed by atoms with Gasteiger partial charge in [0.1, 0.15) is 30.8 Å². The van der Waals surface area contributed by atoms with Crippen molar-refractivity contribution < 1.29 is 53.1 Å². The number of aliphatic hydroxyl groups is 1. The van der Waals surface area contributed by atoms with Crippen LogP contribution in [0.2, 0.25) is 0 Å². The minimum atomic E-state index is -2.89. The molecule has 1 fully saturated rings. The molecule has 1 aliphatic rings. The molecule has 1 saturated heterocycles. The summed E-state index contributed by atoms with van der Waals surface area (Å²) in [6, 6.07) is 5.55. The van der Waals surface area contributed by atoms with Crippen LogP contribution in [0.25, 0.3) is 0 Å². The highest BCUT2D eigenvalue weighted by atomic mass is 16.5. The monoisotopic (exact) mass is 770 g/mol. The van der Waals surface area contributed by atoms with Gasteiger partial charge in [0.2, 0.25) is 5.91 Å². The summed E-state index contributed by atoms with van der Waals surface area (Å²) in [5.74, 6) is 0.0602. The number of carbonyl (C=O) groups is 5. The number of rotatable bonds is 28. The van der Waals surface area contributed by atoms with Gasteiger partial charge in [-0.25, -0.2) is 9.59 Å². The Morgan fingerprint density at radius 2 is 1.64 bits per heavy atom. The van der Waals surface area contributed by atoms with Crippen LogP contribution in [0, 0.1) is 17.8 Å². The van der Waals surface area contributed by atoms with Gasteiger partial charge in [0.15, 0.2) is 5.60 Å². The molecule has 3 N–H and O–H groups in total. The number of benzene rings is 1. The van der Waals surface area contributed by atoms with E-state index in [1.807, 2.05) is 4.90 Å². The van der Waals surface area contributed by atoms with Crippen molar-refractivity contribution in [2.75, 3.05) is 53.2 Å². The molecule has 0 unspecified atom stereocenters. The van der Waals surface area contributed by atoms with Crippen LogP contribution < -0.4 is 10.1 Å². The number of amides is 1. The van der Waals surface area contributed by atoms with Crippen LogP contribution in [0.15, 0.2) is 36.4 Å². The lowest BCUT2D eigenvalue weighted by Gasteiger charge is -2.30. The molecular formula is C42H62N2O11. The predicted molar refractivity (Wildman–Crippen MR) is 207 cm³/mol. The summed E-state index contributed by atoms with van der Waals surface area (Å²) in [5, 5.41) is 24.4. The van der Waals surface area contributed by atoms with E-state index in [0.717, 1.165) is 45.6 Å². The lowest BCUT2D eigenvalue weighted by Crippen LogP contribution is -2.55. The van der Waals surface area contributed by atoms with Crippen LogP contribution in [-0.2, 0) is 44.6 Å². The van der Waals surface area contributed by atoms with Gasteiger partial charge < -0.3 is 34.5 Å². The molecule has 0 saturated carbocycles. The normalized spacial score (nSPS) is 15.2. The van der Waals surface area contributed by atoms with Crippen molar-refractivity contribution in [1.82, 2.24) is 10.2 Å². The maximum atomic E-state index is 13.9. The first kappa shape index (κ1) is 46.9. The zero-order valence-electron chi connectivity index (χ0n) is 33.0. The maximum absolute atomic E-state index is 13.9. The number of hydrogen-bond donors (Lipinski definition) is 3. The number of morpholine rings is 1. The number of allylic oxidation sites excluding steroid dienone is 1. The molecule has 1 aromatic carbocycles. The van der Waals surface area contributed by atoms with Gasteiger partial charge in [-0.05, 0) is 50.3 Å². The molecule has 1 heterocycles. The number of ether oxygens (including phenoxy) is 4. The zero-order chi connectivity index (χ0) is 40.3. The first-order valence-corrected chi connectivity index (χ1v) is 19.6. The molecule has 1 aliphatic heterocycles. The number of nitrogens with zero attached hydrogens (tertiary/aromatic N) is 1. The number of ketones is 1. The Labute approximate surface area is 326 Å². The molecule has 0 aliphatic carbocycles. The van der Waals surface area contributed by atoms with Gasteiger partial charge in [0.25, 0.3) is 0 Å². The van der Waals surface area contributed by atoms with Crippen molar-refractivity contribution >= 4 is 29.6 Å². The first-order valence-electron chi connectivity index (χ1n) is 19.6. The number of carbonyl (C=O) groups excluding carboxylic acids is 4. The van der Waals surface area contributed by atoms with E-state index in [0.29, 0.717) is 69.8 Å². The minimum Gasteiger partial charge on any atom is -0.481 e. The molecule has 0 bridgehead atoms. The molecule has 1 aromatic rings. The van der Waals surface area contributed by atoms with Crippen molar-refractivity contribution in [2.24, 2.45) is 5.92 Å². The number of Topliss-reactive ketones (excluding diaryl/α,β-unsaturated/α-hetero) is 1. The molecule has 55 heavy (non-hydrogen) atoms. The number of hydrogen-bond acceptors (Lipinski definition) is 11. The van der Waals surface area contributed by atoms with Crippen LogP contribution in [-0.4, -0.2) is 110 Å². The van der Waals surface area contributed by atoms with Crippen molar-refractivity contribution in [2.45, 2.75) is 115 Å². The van der Waals surface area contributed by atoms with Crippen molar-refractivity contribution in [3.8, 4) is 17.6 Å². The molecule has 0 radical (unpaired) electrons. The molecule has 3 atom stereocenters. The Morgan fingerprint density at radius 3 is 2.25 bits per heavy atom. The van der Waals surface area contributed by atoms with Crippen molar-refractivity contribution in [3.05, 3.63) is 42.0 Å². The Morgan fingerprint density at radius 1 is 0.982 bits per heavy atom. The summed E-state index contributed by atoms with van der Waals surface area (Å²) in [6.45, 7) is 6.86. The zero-order valence-corrected chi connectivity index (χ0v) is 33.0. The summed E-state index contributed by atoms with van der Waals surface area (Å²) < 4.78 is 21.1. The second-order valence-corrected chi connectivity index (χ2v) is 13.8.